The molecule has 1 aliphatic rings. The van der Waals surface area contributed by atoms with Crippen molar-refractivity contribution in [2.24, 2.45) is 0 Å². The lowest BCUT2D eigenvalue weighted by Gasteiger charge is -2.08. The van der Waals surface area contributed by atoms with E-state index in [1.807, 2.05) is 24.3 Å². The van der Waals surface area contributed by atoms with Crippen molar-refractivity contribution in [2.75, 3.05) is 11.9 Å². The highest BCUT2D eigenvalue weighted by molar-refractivity contribution is 6.21. The quantitative estimate of drug-likeness (QED) is 0.623. The molecule has 1 aromatic heterocycles. The van der Waals surface area contributed by atoms with E-state index < -0.39 is 0 Å². The van der Waals surface area contributed by atoms with Crippen molar-refractivity contribution in [3.05, 3.63) is 78.1 Å². The third-order valence-electron chi connectivity index (χ3n) is 4.01. The van der Waals surface area contributed by atoms with Crippen LogP contribution in [0.3, 0.4) is 0 Å². The van der Waals surface area contributed by atoms with Crippen molar-refractivity contribution < 1.29 is 14.3 Å². The molecule has 0 atom stereocenters. The van der Waals surface area contributed by atoms with E-state index in [0.29, 0.717) is 22.6 Å². The highest BCUT2D eigenvalue weighted by atomic mass is 16.5. The number of carbonyl (C=O) groups is 2. The maximum atomic E-state index is 12.4. The number of anilines is 1. The predicted molar refractivity (Wildman–Crippen MR) is 93.7 cm³/mol. The van der Waals surface area contributed by atoms with Crippen molar-refractivity contribution >= 4 is 17.4 Å². The van der Waals surface area contributed by atoms with Gasteiger partial charge in [0, 0.05) is 17.3 Å². The zero-order chi connectivity index (χ0) is 17.2. The fourth-order valence-corrected chi connectivity index (χ4v) is 2.88. The Bertz CT molecular complexity index is 968. The third kappa shape index (κ3) is 2.87. The molecular weight excluding hydrogens is 316 g/mol. The highest BCUT2D eigenvalue weighted by Gasteiger charge is 2.26. The molecule has 0 fully saturated rings. The van der Waals surface area contributed by atoms with E-state index in [1.165, 1.54) is 0 Å². The van der Waals surface area contributed by atoms with Crippen LogP contribution in [0.1, 0.15) is 15.9 Å². The SMILES string of the molecule is O=C(COc1ccc2c(c1)-c1ccccc1C2=O)Nc1cccnc1. The number of carbonyl (C=O) groups excluding carboxylic acids is 2. The monoisotopic (exact) mass is 330 g/mol. The molecule has 1 heterocycles. The maximum Gasteiger partial charge on any atom is 0.262 e. The van der Waals surface area contributed by atoms with Gasteiger partial charge in [0.2, 0.25) is 0 Å². The van der Waals surface area contributed by atoms with Gasteiger partial charge in [-0.2, -0.15) is 0 Å². The minimum atomic E-state index is -0.273. The fourth-order valence-electron chi connectivity index (χ4n) is 2.88. The lowest BCUT2D eigenvalue weighted by atomic mass is 10.1. The van der Waals surface area contributed by atoms with E-state index in [-0.39, 0.29) is 18.3 Å². The summed E-state index contributed by atoms with van der Waals surface area (Å²) in [5, 5.41) is 2.71. The summed E-state index contributed by atoms with van der Waals surface area (Å²) in [5.41, 5.74) is 3.71. The number of rotatable bonds is 4. The van der Waals surface area contributed by atoms with Gasteiger partial charge in [0.05, 0.1) is 11.9 Å². The van der Waals surface area contributed by atoms with Crippen LogP contribution in [0.5, 0.6) is 5.75 Å². The van der Waals surface area contributed by atoms with Gasteiger partial charge in [-0.05, 0) is 41.5 Å². The number of nitrogens with one attached hydrogen (secondary N) is 1. The highest BCUT2D eigenvalue weighted by Crippen LogP contribution is 2.38. The summed E-state index contributed by atoms with van der Waals surface area (Å²) < 4.78 is 5.57. The van der Waals surface area contributed by atoms with Crippen molar-refractivity contribution in [3.63, 3.8) is 0 Å². The molecule has 0 radical (unpaired) electrons. The lowest BCUT2D eigenvalue weighted by Crippen LogP contribution is -2.20. The molecule has 0 bridgehead atoms. The Balaban J connectivity index is 1.49. The van der Waals surface area contributed by atoms with Gasteiger partial charge in [-0.25, -0.2) is 0 Å². The fraction of sp³-hybridized carbons (Fsp3) is 0.0500. The van der Waals surface area contributed by atoms with Gasteiger partial charge in [-0.15, -0.1) is 0 Å². The number of amides is 1. The first-order valence-corrected chi connectivity index (χ1v) is 7.83. The van der Waals surface area contributed by atoms with Crippen LogP contribution in [0.15, 0.2) is 67.0 Å². The zero-order valence-electron chi connectivity index (χ0n) is 13.2. The first kappa shape index (κ1) is 15.1. The Hall–Kier alpha value is -3.47. The Morgan fingerprint density at radius 1 is 0.960 bits per heavy atom. The molecule has 0 saturated heterocycles. The van der Waals surface area contributed by atoms with E-state index in [0.717, 1.165) is 11.1 Å². The summed E-state index contributed by atoms with van der Waals surface area (Å²) in [4.78, 5) is 28.2. The normalized spacial score (nSPS) is 11.6. The molecule has 0 saturated carbocycles. The third-order valence-corrected chi connectivity index (χ3v) is 4.01. The Morgan fingerprint density at radius 2 is 1.76 bits per heavy atom. The second kappa shape index (κ2) is 6.20. The largest absolute Gasteiger partial charge is 0.484 e. The molecule has 25 heavy (non-hydrogen) atoms. The minimum Gasteiger partial charge on any atom is -0.484 e. The second-order valence-electron chi connectivity index (χ2n) is 5.66. The number of fused-ring (bicyclic) bond motifs is 3. The van der Waals surface area contributed by atoms with Crippen LogP contribution < -0.4 is 10.1 Å². The molecule has 4 rings (SSSR count). The standard InChI is InChI=1S/C20H14N2O3/c23-19(22-13-4-3-9-21-11-13)12-25-14-7-8-17-18(10-14)15-5-1-2-6-16(15)20(17)24/h1-11H,12H2,(H,22,23). The summed E-state index contributed by atoms with van der Waals surface area (Å²) in [6, 6.07) is 16.2. The van der Waals surface area contributed by atoms with Crippen LogP contribution in [0, 0.1) is 0 Å². The van der Waals surface area contributed by atoms with Gasteiger partial charge in [-0.1, -0.05) is 24.3 Å². The molecular formula is C20H14N2O3. The van der Waals surface area contributed by atoms with E-state index in [1.54, 1.807) is 42.7 Å². The van der Waals surface area contributed by atoms with Crippen LogP contribution in [0.25, 0.3) is 11.1 Å². The van der Waals surface area contributed by atoms with E-state index in [2.05, 4.69) is 10.3 Å². The molecule has 2 aromatic carbocycles. The summed E-state index contributed by atoms with van der Waals surface area (Å²) in [6.07, 6.45) is 3.20. The zero-order valence-corrected chi connectivity index (χ0v) is 13.2. The first-order valence-electron chi connectivity index (χ1n) is 7.83. The van der Waals surface area contributed by atoms with Crippen LogP contribution in [-0.4, -0.2) is 23.3 Å². The minimum absolute atomic E-state index is 0.0199. The molecule has 5 heteroatoms. The predicted octanol–water partition coefficient (Wildman–Crippen LogP) is 3.31. The van der Waals surface area contributed by atoms with Crippen LogP contribution in [-0.2, 0) is 4.79 Å². The first-order chi connectivity index (χ1) is 12.2. The van der Waals surface area contributed by atoms with Crippen molar-refractivity contribution in [2.45, 2.75) is 0 Å². The van der Waals surface area contributed by atoms with Crippen LogP contribution >= 0.6 is 0 Å². The Morgan fingerprint density at radius 3 is 2.56 bits per heavy atom. The van der Waals surface area contributed by atoms with E-state index in [9.17, 15) is 9.59 Å². The van der Waals surface area contributed by atoms with E-state index in [4.69, 9.17) is 4.74 Å². The van der Waals surface area contributed by atoms with Gasteiger partial charge in [0.15, 0.2) is 12.4 Å². The number of aromatic nitrogens is 1. The molecule has 3 aromatic rings. The molecule has 1 N–H and O–H groups in total. The number of ether oxygens (including phenoxy) is 1. The maximum absolute atomic E-state index is 12.4. The van der Waals surface area contributed by atoms with Gasteiger partial charge in [0.25, 0.3) is 5.91 Å². The lowest BCUT2D eigenvalue weighted by molar-refractivity contribution is -0.118. The average molecular weight is 330 g/mol. The Kier molecular flexibility index (Phi) is 3.74. The number of hydrogen-bond acceptors (Lipinski definition) is 4. The number of pyridine rings is 1. The number of benzene rings is 2. The number of hydrogen-bond donors (Lipinski definition) is 1. The molecule has 0 spiro atoms. The van der Waals surface area contributed by atoms with Gasteiger partial charge in [-0.3, -0.25) is 14.6 Å². The van der Waals surface area contributed by atoms with Gasteiger partial charge in [0.1, 0.15) is 5.75 Å². The topological polar surface area (TPSA) is 68.3 Å². The van der Waals surface area contributed by atoms with E-state index >= 15 is 0 Å². The van der Waals surface area contributed by atoms with Crippen molar-refractivity contribution in [1.82, 2.24) is 4.98 Å². The summed E-state index contributed by atoms with van der Waals surface area (Å²) >= 11 is 0. The summed E-state index contributed by atoms with van der Waals surface area (Å²) in [5.74, 6) is 0.293. The summed E-state index contributed by atoms with van der Waals surface area (Å²) in [7, 11) is 0. The summed E-state index contributed by atoms with van der Waals surface area (Å²) in [6.45, 7) is -0.122. The van der Waals surface area contributed by atoms with Gasteiger partial charge < -0.3 is 10.1 Å². The molecule has 0 unspecified atom stereocenters. The molecule has 5 nitrogen and oxygen atoms in total. The molecule has 1 aliphatic carbocycles. The number of nitrogens with zero attached hydrogens (tertiary/aromatic N) is 1. The van der Waals surface area contributed by atoms with Gasteiger partial charge >= 0.3 is 0 Å². The molecule has 122 valence electrons. The molecule has 1 amide bonds. The Labute approximate surface area is 144 Å². The second-order valence-corrected chi connectivity index (χ2v) is 5.66. The average Bonchev–Trinajstić information content (AvgIpc) is 2.93. The number of ketones is 1. The smallest absolute Gasteiger partial charge is 0.262 e. The van der Waals surface area contributed by atoms with Crippen LogP contribution in [0.4, 0.5) is 5.69 Å². The van der Waals surface area contributed by atoms with Crippen molar-refractivity contribution in [3.8, 4) is 16.9 Å². The van der Waals surface area contributed by atoms with Crippen LogP contribution in [0.2, 0.25) is 0 Å². The van der Waals surface area contributed by atoms with Crippen molar-refractivity contribution in [1.29, 1.82) is 0 Å². The molecule has 0 aliphatic heterocycles.